The van der Waals surface area contributed by atoms with Crippen molar-refractivity contribution in [3.63, 3.8) is 0 Å². The molecule has 1 unspecified atom stereocenters. The number of amides is 1. The van der Waals surface area contributed by atoms with E-state index in [9.17, 15) is 35.9 Å². The maximum Gasteiger partial charge on any atom is 0.410 e. The van der Waals surface area contributed by atoms with Crippen LogP contribution in [0.5, 0.6) is 0 Å². The number of carbonyl (C=O) groups is 1. The van der Waals surface area contributed by atoms with Gasteiger partial charge in [0.05, 0.1) is 24.7 Å². The average molecular weight is 537 g/mol. The number of ether oxygens (including phenoxy) is 1. The summed E-state index contributed by atoms with van der Waals surface area (Å²) in [4.78, 5) is 31.6. The van der Waals surface area contributed by atoms with Crippen LogP contribution in [0.15, 0.2) is 53.3 Å². The molecule has 1 fully saturated rings. The molecule has 38 heavy (non-hydrogen) atoms. The van der Waals surface area contributed by atoms with Crippen LogP contribution in [0.1, 0.15) is 40.7 Å². The van der Waals surface area contributed by atoms with E-state index < -0.39 is 53.7 Å². The molecule has 5 rings (SSSR count). The molecule has 3 aromatic rings. The van der Waals surface area contributed by atoms with E-state index in [4.69, 9.17) is 0 Å². The predicted octanol–water partition coefficient (Wildman–Crippen LogP) is 5.01. The van der Waals surface area contributed by atoms with Gasteiger partial charge in [0, 0.05) is 12.1 Å². The molecule has 0 radical (unpaired) electrons. The SMILES string of the molecule is Cc1nc2c(c(=O)n1C(c1ccc(F)cc1)c1ccc(F)cc1)CCN(C(=O)OC1CC(F)(F)C1(F)F)C2. The second-order valence-electron chi connectivity index (χ2n) is 9.34. The number of aryl methyl sites for hydroxylation is 1. The molecule has 0 spiro atoms. The van der Waals surface area contributed by atoms with E-state index in [1.54, 1.807) is 6.92 Å². The van der Waals surface area contributed by atoms with Crippen LogP contribution < -0.4 is 5.56 Å². The molecule has 0 bridgehead atoms. The summed E-state index contributed by atoms with van der Waals surface area (Å²) in [6, 6.07) is 10.2. The molecule has 6 nitrogen and oxygen atoms in total. The van der Waals surface area contributed by atoms with Crippen molar-refractivity contribution in [3.8, 4) is 0 Å². The fourth-order valence-corrected chi connectivity index (χ4v) is 4.78. The summed E-state index contributed by atoms with van der Waals surface area (Å²) in [6.45, 7) is 1.23. The Hall–Kier alpha value is -3.83. The maximum absolute atomic E-state index is 13.7. The number of halogens is 6. The van der Waals surface area contributed by atoms with Gasteiger partial charge >= 0.3 is 17.9 Å². The van der Waals surface area contributed by atoms with Crippen molar-refractivity contribution in [2.24, 2.45) is 0 Å². The van der Waals surface area contributed by atoms with Gasteiger partial charge < -0.3 is 9.64 Å². The number of nitrogens with zero attached hydrogens (tertiary/aromatic N) is 3. The molecular formula is C26H21F6N3O3. The highest BCUT2D eigenvalue weighted by Gasteiger charge is 2.74. The van der Waals surface area contributed by atoms with Crippen LogP contribution in [0, 0.1) is 18.6 Å². The Morgan fingerprint density at radius 2 is 1.55 bits per heavy atom. The minimum Gasteiger partial charge on any atom is -0.439 e. The van der Waals surface area contributed by atoms with E-state index >= 15 is 0 Å². The summed E-state index contributed by atoms with van der Waals surface area (Å²) < 4.78 is 86.6. The van der Waals surface area contributed by atoms with Crippen LogP contribution in [0.25, 0.3) is 0 Å². The molecule has 1 amide bonds. The van der Waals surface area contributed by atoms with Crippen LogP contribution in [-0.2, 0) is 17.7 Å². The molecule has 2 aliphatic rings. The van der Waals surface area contributed by atoms with E-state index in [-0.39, 0.29) is 36.6 Å². The zero-order chi connectivity index (χ0) is 27.4. The molecule has 0 N–H and O–H groups in total. The van der Waals surface area contributed by atoms with E-state index in [1.165, 1.54) is 53.1 Å². The lowest BCUT2D eigenvalue weighted by Gasteiger charge is -2.43. The average Bonchev–Trinajstić information content (AvgIpc) is 2.87. The lowest BCUT2D eigenvalue weighted by molar-refractivity contribution is -0.330. The molecule has 12 heteroatoms. The predicted molar refractivity (Wildman–Crippen MR) is 122 cm³/mol. The van der Waals surface area contributed by atoms with Crippen LogP contribution in [0.4, 0.5) is 31.1 Å². The topological polar surface area (TPSA) is 64.4 Å². The van der Waals surface area contributed by atoms with E-state index in [2.05, 4.69) is 9.72 Å². The highest BCUT2D eigenvalue weighted by molar-refractivity contribution is 5.68. The number of alkyl halides is 4. The third-order valence-corrected chi connectivity index (χ3v) is 6.91. The van der Waals surface area contributed by atoms with Gasteiger partial charge in [-0.3, -0.25) is 9.36 Å². The Labute approximate surface area is 212 Å². The second-order valence-corrected chi connectivity index (χ2v) is 9.34. The monoisotopic (exact) mass is 537 g/mol. The fraction of sp³-hybridized carbons (Fsp3) is 0.346. The van der Waals surface area contributed by atoms with Crippen LogP contribution in [0.3, 0.4) is 0 Å². The van der Waals surface area contributed by atoms with Gasteiger partial charge in [-0.2, -0.15) is 17.6 Å². The number of fused-ring (bicyclic) bond motifs is 1. The summed E-state index contributed by atoms with van der Waals surface area (Å²) in [5.41, 5.74) is 1.14. The number of hydrogen-bond acceptors (Lipinski definition) is 4. The van der Waals surface area contributed by atoms with E-state index in [1.807, 2.05) is 0 Å². The van der Waals surface area contributed by atoms with Crippen molar-refractivity contribution in [2.75, 3.05) is 6.54 Å². The first-order chi connectivity index (χ1) is 17.9. The van der Waals surface area contributed by atoms with Gasteiger partial charge in [-0.15, -0.1) is 0 Å². The molecule has 2 heterocycles. The molecule has 1 saturated carbocycles. The highest BCUT2D eigenvalue weighted by atomic mass is 19.3. The summed E-state index contributed by atoms with van der Waals surface area (Å²) in [7, 11) is 0. The number of hydrogen-bond donors (Lipinski definition) is 0. The lowest BCUT2D eigenvalue weighted by atomic mass is 9.85. The van der Waals surface area contributed by atoms with Gasteiger partial charge in [0.1, 0.15) is 17.5 Å². The molecule has 0 saturated heterocycles. The fourth-order valence-electron chi connectivity index (χ4n) is 4.78. The Morgan fingerprint density at radius 3 is 2.05 bits per heavy atom. The number of benzene rings is 2. The zero-order valence-electron chi connectivity index (χ0n) is 19.9. The third kappa shape index (κ3) is 4.31. The van der Waals surface area contributed by atoms with E-state index in [0.29, 0.717) is 11.1 Å². The van der Waals surface area contributed by atoms with Gasteiger partial charge in [0.25, 0.3) is 5.56 Å². The molecular weight excluding hydrogens is 516 g/mol. The van der Waals surface area contributed by atoms with Crippen molar-refractivity contribution in [1.29, 1.82) is 0 Å². The first kappa shape index (κ1) is 25.8. The first-order valence-corrected chi connectivity index (χ1v) is 11.7. The maximum atomic E-state index is 13.7. The van der Waals surface area contributed by atoms with Crippen molar-refractivity contribution in [3.05, 3.63) is 98.7 Å². The number of carbonyl (C=O) groups excluding carboxylic acids is 1. The normalized spacial score (nSPS) is 19.6. The van der Waals surface area contributed by atoms with E-state index in [0.717, 1.165) is 4.90 Å². The molecule has 1 aromatic heterocycles. The molecule has 1 atom stereocenters. The van der Waals surface area contributed by atoms with Gasteiger partial charge in [0.15, 0.2) is 6.10 Å². The molecule has 200 valence electrons. The van der Waals surface area contributed by atoms with Gasteiger partial charge in [-0.05, 0) is 48.7 Å². The standard InChI is InChI=1S/C26H21F6N3O3/c1-14-33-20-13-34(24(37)38-21-12-25(29,30)26(21,31)32)11-10-19(20)23(36)35(14)22(15-2-6-17(27)7-3-15)16-4-8-18(28)9-5-16/h2-9,21-22H,10-13H2,1H3. The molecule has 2 aromatic carbocycles. The molecule has 1 aliphatic carbocycles. The van der Waals surface area contributed by atoms with Crippen molar-refractivity contribution < 1.29 is 35.9 Å². The van der Waals surface area contributed by atoms with Crippen LogP contribution in [-0.4, -0.2) is 45.0 Å². The third-order valence-electron chi connectivity index (χ3n) is 6.91. The Bertz CT molecular complexity index is 1390. The quantitative estimate of drug-likeness (QED) is 0.440. The summed E-state index contributed by atoms with van der Waals surface area (Å²) >= 11 is 0. The second kappa shape index (κ2) is 9.17. The zero-order valence-corrected chi connectivity index (χ0v) is 19.9. The summed E-state index contributed by atoms with van der Waals surface area (Å²) in [6.07, 6.45) is -4.70. The smallest absolute Gasteiger partial charge is 0.410 e. The highest BCUT2D eigenvalue weighted by Crippen LogP contribution is 2.52. The minimum atomic E-state index is -4.45. The Balaban J connectivity index is 1.46. The lowest BCUT2D eigenvalue weighted by Crippen LogP contribution is -2.64. The van der Waals surface area contributed by atoms with Crippen LogP contribution in [0.2, 0.25) is 0 Å². The van der Waals surface area contributed by atoms with Crippen molar-refractivity contribution in [1.82, 2.24) is 14.5 Å². The Morgan fingerprint density at radius 1 is 1.00 bits per heavy atom. The number of rotatable bonds is 4. The van der Waals surface area contributed by atoms with Crippen molar-refractivity contribution in [2.45, 2.75) is 50.3 Å². The molecule has 1 aliphatic heterocycles. The summed E-state index contributed by atoms with van der Waals surface area (Å²) in [5, 5.41) is 0. The Kier molecular flexibility index (Phi) is 6.23. The van der Waals surface area contributed by atoms with Crippen molar-refractivity contribution >= 4 is 6.09 Å². The van der Waals surface area contributed by atoms with Gasteiger partial charge in [-0.1, -0.05) is 24.3 Å². The summed E-state index contributed by atoms with van der Waals surface area (Å²) in [5.74, 6) is -9.41. The minimum absolute atomic E-state index is 0.00726. The van der Waals surface area contributed by atoms with Gasteiger partial charge in [-0.25, -0.2) is 18.6 Å². The first-order valence-electron chi connectivity index (χ1n) is 11.7. The van der Waals surface area contributed by atoms with Gasteiger partial charge in [0.2, 0.25) is 0 Å². The number of aromatic nitrogens is 2. The van der Waals surface area contributed by atoms with Crippen LogP contribution >= 0.6 is 0 Å². The largest absolute Gasteiger partial charge is 0.439 e.